The van der Waals surface area contributed by atoms with Crippen LogP contribution in [-0.2, 0) is 0 Å². The molecule has 2 N–H and O–H groups in total. The zero-order chi connectivity index (χ0) is 12.4. The molecule has 2 aromatic rings. The van der Waals surface area contributed by atoms with Gasteiger partial charge >= 0.3 is 5.97 Å². The third-order valence-corrected chi connectivity index (χ3v) is 2.67. The predicted octanol–water partition coefficient (Wildman–Crippen LogP) is 3.07. The molecule has 86 valence electrons. The van der Waals surface area contributed by atoms with Gasteiger partial charge in [-0.1, -0.05) is 36.4 Å². The molecule has 0 saturated carbocycles. The Morgan fingerprint density at radius 1 is 1.06 bits per heavy atom. The van der Waals surface area contributed by atoms with Gasteiger partial charge in [0.05, 0.1) is 5.56 Å². The lowest BCUT2D eigenvalue weighted by Gasteiger charge is -2.10. The summed E-state index contributed by atoms with van der Waals surface area (Å²) in [5.41, 5.74) is 1.84. The third kappa shape index (κ3) is 1.99. The Morgan fingerprint density at radius 3 is 2.29 bits per heavy atom. The van der Waals surface area contributed by atoms with E-state index in [1.165, 1.54) is 6.07 Å². The predicted molar refractivity (Wildman–Crippen MR) is 65.2 cm³/mol. The summed E-state index contributed by atoms with van der Waals surface area (Å²) in [6, 6.07) is 12.1. The molecular formula is C14H12O3. The molecule has 0 bridgehead atoms. The van der Waals surface area contributed by atoms with Crippen molar-refractivity contribution < 1.29 is 15.0 Å². The van der Waals surface area contributed by atoms with Gasteiger partial charge in [-0.05, 0) is 24.1 Å². The maximum atomic E-state index is 11.1. The van der Waals surface area contributed by atoms with Gasteiger partial charge in [0.15, 0.2) is 0 Å². The molecule has 0 heterocycles. The topological polar surface area (TPSA) is 57.5 Å². The fourth-order valence-electron chi connectivity index (χ4n) is 1.77. The molecular weight excluding hydrogens is 216 g/mol. The Kier molecular flexibility index (Phi) is 2.83. The number of phenolic OH excluding ortho intramolecular Hbond substituents is 1. The molecule has 3 nitrogen and oxygen atoms in total. The summed E-state index contributed by atoms with van der Waals surface area (Å²) in [7, 11) is 0. The number of aromatic carboxylic acids is 1. The third-order valence-electron chi connectivity index (χ3n) is 2.67. The highest BCUT2D eigenvalue weighted by atomic mass is 16.4. The SMILES string of the molecule is Cc1ccc(C(=O)O)c(-c2ccccc2)c1O. The van der Waals surface area contributed by atoms with E-state index in [4.69, 9.17) is 5.11 Å². The van der Waals surface area contributed by atoms with Gasteiger partial charge in [-0.3, -0.25) is 0 Å². The van der Waals surface area contributed by atoms with Crippen LogP contribution in [-0.4, -0.2) is 16.2 Å². The van der Waals surface area contributed by atoms with Gasteiger partial charge in [0, 0.05) is 5.56 Å². The van der Waals surface area contributed by atoms with Crippen LogP contribution >= 0.6 is 0 Å². The average Bonchev–Trinajstić information content (AvgIpc) is 2.33. The smallest absolute Gasteiger partial charge is 0.336 e. The molecule has 2 aromatic carbocycles. The summed E-state index contributed by atoms with van der Waals surface area (Å²) >= 11 is 0. The molecule has 0 fully saturated rings. The molecule has 0 spiro atoms. The first-order valence-corrected chi connectivity index (χ1v) is 5.22. The molecule has 2 rings (SSSR count). The summed E-state index contributed by atoms with van der Waals surface area (Å²) < 4.78 is 0. The maximum absolute atomic E-state index is 11.1. The lowest BCUT2D eigenvalue weighted by atomic mass is 9.96. The number of benzene rings is 2. The summed E-state index contributed by atoms with van der Waals surface area (Å²) in [5.74, 6) is -1.02. The summed E-state index contributed by atoms with van der Waals surface area (Å²) in [5, 5.41) is 19.1. The van der Waals surface area contributed by atoms with Gasteiger partial charge in [0.25, 0.3) is 0 Å². The fourth-order valence-corrected chi connectivity index (χ4v) is 1.77. The molecule has 0 amide bonds. The minimum absolute atomic E-state index is 0.0242. The number of carbonyl (C=O) groups is 1. The van der Waals surface area contributed by atoms with Crippen LogP contribution < -0.4 is 0 Å². The quantitative estimate of drug-likeness (QED) is 0.830. The molecule has 0 unspecified atom stereocenters. The van der Waals surface area contributed by atoms with Crippen LogP contribution in [0.3, 0.4) is 0 Å². The number of carboxylic acids is 1. The van der Waals surface area contributed by atoms with Crippen LogP contribution in [0.25, 0.3) is 11.1 Å². The number of hydrogen-bond donors (Lipinski definition) is 2. The molecule has 0 saturated heterocycles. The average molecular weight is 228 g/mol. The largest absolute Gasteiger partial charge is 0.507 e. The molecule has 3 heteroatoms. The summed E-state index contributed by atoms with van der Waals surface area (Å²) in [4.78, 5) is 11.1. The Labute approximate surface area is 99.0 Å². The minimum Gasteiger partial charge on any atom is -0.507 e. The van der Waals surface area contributed by atoms with E-state index in [1.54, 1.807) is 25.1 Å². The van der Waals surface area contributed by atoms with E-state index in [9.17, 15) is 9.90 Å². The zero-order valence-electron chi connectivity index (χ0n) is 9.34. The first kappa shape index (κ1) is 11.2. The highest BCUT2D eigenvalue weighted by Crippen LogP contribution is 2.35. The Bertz CT molecular complexity index is 559. The van der Waals surface area contributed by atoms with E-state index < -0.39 is 5.97 Å². The summed E-state index contributed by atoms with van der Waals surface area (Å²) in [6.45, 7) is 1.74. The standard InChI is InChI=1S/C14H12O3/c1-9-7-8-11(14(16)17)12(13(9)15)10-5-3-2-4-6-10/h2-8,15H,1H3,(H,16,17). The van der Waals surface area contributed by atoms with Gasteiger partial charge in [-0.2, -0.15) is 0 Å². The van der Waals surface area contributed by atoms with Crippen molar-refractivity contribution in [1.29, 1.82) is 0 Å². The fraction of sp³-hybridized carbons (Fsp3) is 0.0714. The van der Waals surface area contributed by atoms with E-state index in [2.05, 4.69) is 0 Å². The molecule has 17 heavy (non-hydrogen) atoms. The number of phenols is 1. The molecule has 0 aliphatic carbocycles. The van der Waals surface area contributed by atoms with Gasteiger partial charge in [0.1, 0.15) is 5.75 Å². The number of rotatable bonds is 2. The maximum Gasteiger partial charge on any atom is 0.336 e. The lowest BCUT2D eigenvalue weighted by molar-refractivity contribution is 0.0697. The van der Waals surface area contributed by atoms with Crippen LogP contribution in [0.4, 0.5) is 0 Å². The summed E-state index contributed by atoms with van der Waals surface area (Å²) in [6.07, 6.45) is 0. The van der Waals surface area contributed by atoms with Crippen LogP contribution in [0.15, 0.2) is 42.5 Å². The molecule has 0 aromatic heterocycles. The molecule has 0 aliphatic heterocycles. The van der Waals surface area contributed by atoms with Gasteiger partial charge in [-0.25, -0.2) is 4.79 Å². The lowest BCUT2D eigenvalue weighted by Crippen LogP contribution is -2.00. The Morgan fingerprint density at radius 2 is 1.71 bits per heavy atom. The van der Waals surface area contributed by atoms with Crippen LogP contribution in [0.2, 0.25) is 0 Å². The second kappa shape index (κ2) is 4.29. The van der Waals surface area contributed by atoms with Crippen LogP contribution in [0, 0.1) is 6.92 Å². The minimum atomic E-state index is -1.04. The van der Waals surface area contributed by atoms with Crippen LogP contribution in [0.5, 0.6) is 5.75 Å². The van der Waals surface area contributed by atoms with Gasteiger partial charge < -0.3 is 10.2 Å². The first-order chi connectivity index (χ1) is 8.11. The number of hydrogen-bond acceptors (Lipinski definition) is 2. The van der Waals surface area contributed by atoms with E-state index in [0.29, 0.717) is 16.7 Å². The van der Waals surface area contributed by atoms with Crippen molar-refractivity contribution in [3.05, 3.63) is 53.6 Å². The first-order valence-electron chi connectivity index (χ1n) is 5.22. The van der Waals surface area contributed by atoms with E-state index >= 15 is 0 Å². The van der Waals surface area contributed by atoms with E-state index in [1.807, 2.05) is 18.2 Å². The second-order valence-electron chi connectivity index (χ2n) is 3.82. The van der Waals surface area contributed by atoms with Crippen molar-refractivity contribution in [2.75, 3.05) is 0 Å². The number of aryl methyl sites for hydroxylation is 1. The van der Waals surface area contributed by atoms with E-state index in [0.717, 1.165) is 0 Å². The van der Waals surface area contributed by atoms with Crippen molar-refractivity contribution >= 4 is 5.97 Å². The van der Waals surface area contributed by atoms with Crippen molar-refractivity contribution in [3.63, 3.8) is 0 Å². The van der Waals surface area contributed by atoms with Gasteiger partial charge in [-0.15, -0.1) is 0 Å². The monoisotopic (exact) mass is 228 g/mol. The molecule has 0 aliphatic rings. The Balaban J connectivity index is 2.74. The van der Waals surface area contributed by atoms with Crippen molar-refractivity contribution in [2.24, 2.45) is 0 Å². The van der Waals surface area contributed by atoms with Crippen LogP contribution in [0.1, 0.15) is 15.9 Å². The van der Waals surface area contributed by atoms with Crippen molar-refractivity contribution in [1.82, 2.24) is 0 Å². The second-order valence-corrected chi connectivity index (χ2v) is 3.82. The zero-order valence-corrected chi connectivity index (χ0v) is 9.34. The van der Waals surface area contributed by atoms with Crippen molar-refractivity contribution in [2.45, 2.75) is 6.92 Å². The number of aromatic hydroxyl groups is 1. The molecule has 0 atom stereocenters. The Hall–Kier alpha value is -2.29. The van der Waals surface area contributed by atoms with Crippen molar-refractivity contribution in [3.8, 4) is 16.9 Å². The highest BCUT2D eigenvalue weighted by Gasteiger charge is 2.16. The molecule has 0 radical (unpaired) electrons. The highest BCUT2D eigenvalue weighted by molar-refractivity contribution is 5.98. The van der Waals surface area contributed by atoms with Gasteiger partial charge in [0.2, 0.25) is 0 Å². The normalized spacial score (nSPS) is 10.2. The number of carboxylic acid groups (broad SMARTS) is 1. The van der Waals surface area contributed by atoms with E-state index in [-0.39, 0.29) is 11.3 Å².